The molecule has 3 unspecified atom stereocenters. The molecule has 5 heteroatoms. The van der Waals surface area contributed by atoms with Crippen molar-refractivity contribution in [1.82, 2.24) is 15.3 Å². The van der Waals surface area contributed by atoms with Crippen LogP contribution in [-0.4, -0.2) is 16.0 Å². The van der Waals surface area contributed by atoms with Crippen molar-refractivity contribution in [1.29, 1.82) is 0 Å². The average molecular weight is 277 g/mol. The quantitative estimate of drug-likeness (QED) is 0.838. The van der Waals surface area contributed by atoms with Crippen LogP contribution in [0.4, 0.5) is 8.78 Å². The van der Waals surface area contributed by atoms with Gasteiger partial charge in [-0.05, 0) is 25.2 Å². The van der Waals surface area contributed by atoms with Gasteiger partial charge in [0.05, 0.1) is 17.1 Å². The third-order valence-corrected chi connectivity index (χ3v) is 4.74. The monoisotopic (exact) mass is 277 g/mol. The van der Waals surface area contributed by atoms with Gasteiger partial charge in [-0.15, -0.1) is 0 Å². The van der Waals surface area contributed by atoms with Gasteiger partial charge in [-0.1, -0.05) is 12.8 Å². The van der Waals surface area contributed by atoms with Crippen LogP contribution in [0, 0.1) is 17.6 Å². The molecule has 0 spiro atoms. The van der Waals surface area contributed by atoms with Crippen molar-refractivity contribution in [3.8, 4) is 0 Å². The molecule has 1 aromatic carbocycles. The second kappa shape index (κ2) is 4.52. The van der Waals surface area contributed by atoms with Crippen LogP contribution in [0.3, 0.4) is 0 Å². The second-order valence-electron chi connectivity index (χ2n) is 6.01. The summed E-state index contributed by atoms with van der Waals surface area (Å²) in [6.07, 6.45) is 6.17. The maximum Gasteiger partial charge on any atom is 0.161 e. The van der Waals surface area contributed by atoms with E-state index in [0.717, 1.165) is 24.2 Å². The SMILES string of the molecule is Fc1cc2nc(C3CC4CCCCC4N3)[nH]c2cc1F. The van der Waals surface area contributed by atoms with Crippen LogP contribution in [0.15, 0.2) is 12.1 Å². The second-order valence-corrected chi connectivity index (χ2v) is 6.01. The number of nitrogens with zero attached hydrogens (tertiary/aromatic N) is 1. The van der Waals surface area contributed by atoms with Crippen molar-refractivity contribution in [2.45, 2.75) is 44.2 Å². The summed E-state index contributed by atoms with van der Waals surface area (Å²) >= 11 is 0. The van der Waals surface area contributed by atoms with Crippen LogP contribution in [0.2, 0.25) is 0 Å². The zero-order valence-corrected chi connectivity index (χ0v) is 11.1. The molecular weight excluding hydrogens is 260 g/mol. The van der Waals surface area contributed by atoms with Gasteiger partial charge in [0.1, 0.15) is 5.82 Å². The highest BCUT2D eigenvalue weighted by molar-refractivity contribution is 5.75. The molecule has 3 atom stereocenters. The third-order valence-electron chi connectivity index (χ3n) is 4.74. The fourth-order valence-corrected chi connectivity index (χ4v) is 3.72. The van der Waals surface area contributed by atoms with Crippen molar-refractivity contribution < 1.29 is 8.78 Å². The highest BCUT2D eigenvalue weighted by atomic mass is 19.2. The van der Waals surface area contributed by atoms with Crippen molar-refractivity contribution in [2.24, 2.45) is 5.92 Å². The van der Waals surface area contributed by atoms with Gasteiger partial charge in [-0.25, -0.2) is 13.8 Å². The minimum Gasteiger partial charge on any atom is -0.341 e. The molecule has 0 radical (unpaired) electrons. The van der Waals surface area contributed by atoms with E-state index in [1.54, 1.807) is 0 Å². The number of aromatic nitrogens is 2. The summed E-state index contributed by atoms with van der Waals surface area (Å²) in [6.45, 7) is 0. The molecule has 20 heavy (non-hydrogen) atoms. The van der Waals surface area contributed by atoms with Gasteiger partial charge in [0.2, 0.25) is 0 Å². The first-order valence-corrected chi connectivity index (χ1v) is 7.31. The minimum atomic E-state index is -0.844. The summed E-state index contributed by atoms with van der Waals surface area (Å²) in [4.78, 5) is 7.56. The smallest absolute Gasteiger partial charge is 0.161 e. The largest absolute Gasteiger partial charge is 0.341 e. The normalized spacial score (nSPS) is 29.8. The van der Waals surface area contributed by atoms with Gasteiger partial charge in [0.15, 0.2) is 11.6 Å². The summed E-state index contributed by atoms with van der Waals surface area (Å²) in [7, 11) is 0. The van der Waals surface area contributed by atoms with E-state index in [-0.39, 0.29) is 6.04 Å². The molecule has 1 aromatic heterocycles. The minimum absolute atomic E-state index is 0.182. The number of fused-ring (bicyclic) bond motifs is 2. The Balaban J connectivity index is 1.65. The molecule has 2 heterocycles. The Labute approximate surface area is 115 Å². The lowest BCUT2D eigenvalue weighted by Crippen LogP contribution is -2.30. The summed E-state index contributed by atoms with van der Waals surface area (Å²) < 4.78 is 26.5. The molecule has 2 N–H and O–H groups in total. The molecule has 4 rings (SSSR count). The maximum absolute atomic E-state index is 13.2. The van der Waals surface area contributed by atoms with Crippen LogP contribution in [0.5, 0.6) is 0 Å². The number of benzene rings is 1. The predicted octanol–water partition coefficient (Wildman–Crippen LogP) is 3.43. The summed E-state index contributed by atoms with van der Waals surface area (Å²) in [5, 5.41) is 3.62. The number of hydrogen-bond acceptors (Lipinski definition) is 2. The van der Waals surface area contributed by atoms with E-state index in [2.05, 4.69) is 15.3 Å². The van der Waals surface area contributed by atoms with E-state index in [9.17, 15) is 8.78 Å². The Morgan fingerprint density at radius 1 is 1.10 bits per heavy atom. The first-order chi connectivity index (χ1) is 9.70. The van der Waals surface area contributed by atoms with Crippen LogP contribution in [0.1, 0.15) is 44.0 Å². The van der Waals surface area contributed by atoms with E-state index in [0.29, 0.717) is 17.1 Å². The summed E-state index contributed by atoms with van der Waals surface area (Å²) in [5.74, 6) is -0.154. The van der Waals surface area contributed by atoms with Gasteiger partial charge >= 0.3 is 0 Å². The lowest BCUT2D eigenvalue weighted by molar-refractivity contribution is 0.325. The highest BCUT2D eigenvalue weighted by Crippen LogP contribution is 2.38. The maximum atomic E-state index is 13.2. The fraction of sp³-hybridized carbons (Fsp3) is 0.533. The first kappa shape index (κ1) is 12.3. The van der Waals surface area contributed by atoms with Gasteiger partial charge in [0, 0.05) is 18.2 Å². The van der Waals surface area contributed by atoms with E-state index >= 15 is 0 Å². The molecule has 0 amide bonds. The van der Waals surface area contributed by atoms with Crippen molar-refractivity contribution >= 4 is 11.0 Å². The lowest BCUT2D eigenvalue weighted by Gasteiger charge is -2.24. The molecule has 1 saturated carbocycles. The topological polar surface area (TPSA) is 40.7 Å². The molecule has 1 saturated heterocycles. The molecule has 2 aliphatic rings. The van der Waals surface area contributed by atoms with Crippen LogP contribution < -0.4 is 5.32 Å². The standard InChI is InChI=1S/C15H17F2N3/c16-9-6-12-13(7-10(9)17)20-15(19-12)14-5-8-3-1-2-4-11(8)18-14/h6-8,11,14,18H,1-5H2,(H,19,20). The molecular formula is C15H17F2N3. The number of H-pyrrole nitrogens is 1. The third kappa shape index (κ3) is 1.92. The molecule has 2 fully saturated rings. The number of imidazole rings is 1. The molecule has 1 aliphatic carbocycles. The zero-order valence-electron chi connectivity index (χ0n) is 11.1. The van der Waals surface area contributed by atoms with E-state index < -0.39 is 11.6 Å². The summed E-state index contributed by atoms with van der Waals surface area (Å²) in [5.41, 5.74) is 1.06. The van der Waals surface area contributed by atoms with Crippen LogP contribution >= 0.6 is 0 Å². The molecule has 0 bridgehead atoms. The Hall–Kier alpha value is -1.49. The van der Waals surface area contributed by atoms with E-state index in [1.807, 2.05) is 0 Å². The molecule has 106 valence electrons. The number of halogens is 2. The Morgan fingerprint density at radius 2 is 1.90 bits per heavy atom. The van der Waals surface area contributed by atoms with Gasteiger partial charge in [0.25, 0.3) is 0 Å². The van der Waals surface area contributed by atoms with Crippen molar-refractivity contribution in [2.75, 3.05) is 0 Å². The lowest BCUT2D eigenvalue weighted by atomic mass is 9.85. The fourth-order valence-electron chi connectivity index (χ4n) is 3.72. The predicted molar refractivity (Wildman–Crippen MR) is 72.2 cm³/mol. The summed E-state index contributed by atoms with van der Waals surface area (Å²) in [6, 6.07) is 3.10. The highest BCUT2D eigenvalue weighted by Gasteiger charge is 2.36. The Morgan fingerprint density at radius 3 is 2.75 bits per heavy atom. The van der Waals surface area contributed by atoms with Crippen LogP contribution in [0.25, 0.3) is 11.0 Å². The van der Waals surface area contributed by atoms with Gasteiger partial charge in [-0.3, -0.25) is 0 Å². The van der Waals surface area contributed by atoms with E-state index in [1.165, 1.54) is 31.7 Å². The number of hydrogen-bond donors (Lipinski definition) is 2. The average Bonchev–Trinajstić information content (AvgIpc) is 3.02. The molecule has 3 nitrogen and oxygen atoms in total. The number of aromatic amines is 1. The van der Waals surface area contributed by atoms with Crippen LogP contribution in [-0.2, 0) is 0 Å². The molecule has 1 aliphatic heterocycles. The van der Waals surface area contributed by atoms with Gasteiger partial charge in [-0.2, -0.15) is 0 Å². The zero-order chi connectivity index (χ0) is 13.7. The molecule has 2 aromatic rings. The first-order valence-electron chi connectivity index (χ1n) is 7.31. The Bertz CT molecular complexity index is 599. The van der Waals surface area contributed by atoms with Gasteiger partial charge < -0.3 is 10.3 Å². The van der Waals surface area contributed by atoms with Crippen molar-refractivity contribution in [3.05, 3.63) is 29.6 Å². The van der Waals surface area contributed by atoms with E-state index in [4.69, 9.17) is 0 Å². The number of nitrogens with one attached hydrogen (secondary N) is 2. The van der Waals surface area contributed by atoms with Crippen molar-refractivity contribution in [3.63, 3.8) is 0 Å². The Kier molecular flexibility index (Phi) is 2.77. The number of rotatable bonds is 1.